The van der Waals surface area contributed by atoms with Crippen LogP contribution < -0.4 is 4.74 Å². The molecule has 0 amide bonds. The fourth-order valence-corrected chi connectivity index (χ4v) is 2.69. The minimum absolute atomic E-state index is 0.144. The highest BCUT2D eigenvalue weighted by molar-refractivity contribution is 7.91. The first-order chi connectivity index (χ1) is 10.6. The lowest BCUT2D eigenvalue weighted by Gasteiger charge is -2.16. The van der Waals surface area contributed by atoms with Crippen molar-refractivity contribution in [3.05, 3.63) is 29.6 Å². The molecule has 0 aliphatic heterocycles. The molecular weight excluding hydrogens is 317 g/mol. The maximum atomic E-state index is 13.8. The van der Waals surface area contributed by atoms with Gasteiger partial charge < -0.3 is 4.74 Å². The summed E-state index contributed by atoms with van der Waals surface area (Å²) in [6.07, 6.45) is 3.37. The van der Waals surface area contributed by atoms with Crippen molar-refractivity contribution in [1.82, 2.24) is 0 Å². The zero-order valence-corrected chi connectivity index (χ0v) is 14.9. The second kappa shape index (κ2) is 6.59. The van der Waals surface area contributed by atoms with Crippen LogP contribution in [0.2, 0.25) is 0 Å². The largest absolute Gasteiger partial charge is 0.490 e. The highest BCUT2D eigenvalue weighted by Gasteiger charge is 2.28. The minimum atomic E-state index is -3.63. The molecule has 1 fully saturated rings. The molecule has 1 aliphatic carbocycles. The Labute approximate surface area is 137 Å². The molecule has 23 heavy (non-hydrogen) atoms. The average Bonchev–Trinajstić information content (AvgIpc) is 3.23. The average molecular weight is 341 g/mol. The molecule has 0 spiro atoms. The van der Waals surface area contributed by atoms with E-state index >= 15 is 0 Å². The van der Waals surface area contributed by atoms with Crippen molar-refractivity contribution in [3.63, 3.8) is 0 Å². The van der Waals surface area contributed by atoms with Crippen LogP contribution in [0.3, 0.4) is 0 Å². The number of nitrogens with zero attached hydrogens (tertiary/aromatic N) is 1. The van der Waals surface area contributed by atoms with E-state index < -0.39 is 20.6 Å². The molecular formula is C17H24FNO3S. The first-order valence-electron chi connectivity index (χ1n) is 7.84. The molecule has 2 rings (SSSR count). The molecule has 0 aromatic heterocycles. The molecule has 0 radical (unpaired) electrons. The predicted octanol–water partition coefficient (Wildman–Crippen LogP) is 3.94. The van der Waals surface area contributed by atoms with E-state index in [2.05, 4.69) is 4.40 Å². The van der Waals surface area contributed by atoms with Gasteiger partial charge in [-0.2, -0.15) is 4.40 Å². The third-order valence-corrected chi connectivity index (χ3v) is 5.92. The Morgan fingerprint density at radius 2 is 2.00 bits per heavy atom. The van der Waals surface area contributed by atoms with E-state index in [1.807, 2.05) is 0 Å². The maximum Gasteiger partial charge on any atom is 0.258 e. The SMILES string of the molecule is C/C(=N\S(=O)(=O)C(C)(C)C)c1ccc(F)c(OCCC2CC2)c1. The molecule has 0 saturated heterocycles. The number of hydrogen-bond donors (Lipinski definition) is 0. The van der Waals surface area contributed by atoms with Crippen molar-refractivity contribution in [1.29, 1.82) is 0 Å². The molecule has 0 bridgehead atoms. The first kappa shape index (κ1) is 17.9. The zero-order chi connectivity index (χ0) is 17.3. The quantitative estimate of drug-likeness (QED) is 0.736. The molecule has 1 aliphatic rings. The van der Waals surface area contributed by atoms with E-state index in [4.69, 9.17) is 4.74 Å². The van der Waals surface area contributed by atoms with Gasteiger partial charge in [0.05, 0.1) is 17.1 Å². The Balaban J connectivity index is 2.18. The number of rotatable bonds is 6. The van der Waals surface area contributed by atoms with Crippen molar-refractivity contribution in [2.24, 2.45) is 10.3 Å². The summed E-state index contributed by atoms with van der Waals surface area (Å²) >= 11 is 0. The van der Waals surface area contributed by atoms with Gasteiger partial charge in [0, 0.05) is 5.56 Å². The topological polar surface area (TPSA) is 55.7 Å². The van der Waals surface area contributed by atoms with E-state index in [1.54, 1.807) is 27.7 Å². The Kier molecular flexibility index (Phi) is 5.14. The number of ether oxygens (including phenoxy) is 1. The molecule has 128 valence electrons. The number of benzene rings is 1. The molecule has 1 aromatic rings. The first-order valence-corrected chi connectivity index (χ1v) is 9.28. The van der Waals surface area contributed by atoms with Gasteiger partial charge in [-0.15, -0.1) is 0 Å². The summed E-state index contributed by atoms with van der Waals surface area (Å²) in [7, 11) is -3.63. The second-order valence-corrected chi connectivity index (χ2v) is 9.35. The smallest absolute Gasteiger partial charge is 0.258 e. The van der Waals surface area contributed by atoms with Gasteiger partial charge in [-0.3, -0.25) is 0 Å². The van der Waals surface area contributed by atoms with Gasteiger partial charge in [-0.25, -0.2) is 12.8 Å². The summed E-state index contributed by atoms with van der Waals surface area (Å²) in [6.45, 7) is 6.86. The molecule has 1 saturated carbocycles. The van der Waals surface area contributed by atoms with Gasteiger partial charge in [0.15, 0.2) is 11.6 Å². The van der Waals surface area contributed by atoms with Crippen LogP contribution in [0.15, 0.2) is 22.6 Å². The normalized spacial score (nSPS) is 16.5. The molecule has 0 N–H and O–H groups in total. The summed E-state index contributed by atoms with van der Waals surface area (Å²) < 4.78 is 46.5. The van der Waals surface area contributed by atoms with Crippen molar-refractivity contribution in [2.75, 3.05) is 6.61 Å². The van der Waals surface area contributed by atoms with Crippen LogP contribution in [0.25, 0.3) is 0 Å². The van der Waals surface area contributed by atoms with E-state index in [1.165, 1.54) is 31.0 Å². The summed E-state index contributed by atoms with van der Waals surface area (Å²) in [5.74, 6) is 0.406. The van der Waals surface area contributed by atoms with Gasteiger partial charge in [0.25, 0.3) is 10.0 Å². The lowest BCUT2D eigenvalue weighted by Crippen LogP contribution is -2.26. The predicted molar refractivity (Wildman–Crippen MR) is 90.1 cm³/mol. The van der Waals surface area contributed by atoms with Crippen LogP contribution in [-0.2, 0) is 10.0 Å². The van der Waals surface area contributed by atoms with Crippen LogP contribution in [0.1, 0.15) is 52.5 Å². The van der Waals surface area contributed by atoms with Crippen LogP contribution in [0.5, 0.6) is 5.75 Å². The van der Waals surface area contributed by atoms with Gasteiger partial charge in [0.2, 0.25) is 0 Å². The third kappa shape index (κ3) is 4.77. The van der Waals surface area contributed by atoms with Crippen molar-refractivity contribution < 1.29 is 17.5 Å². The van der Waals surface area contributed by atoms with E-state index in [0.717, 1.165) is 6.42 Å². The Morgan fingerprint density at radius 1 is 1.35 bits per heavy atom. The number of halogens is 1. The second-order valence-electron chi connectivity index (χ2n) is 6.99. The van der Waals surface area contributed by atoms with Gasteiger partial charge in [0.1, 0.15) is 0 Å². The van der Waals surface area contributed by atoms with Crippen molar-refractivity contribution >= 4 is 15.7 Å². The van der Waals surface area contributed by atoms with E-state index in [9.17, 15) is 12.8 Å². The van der Waals surface area contributed by atoms with Gasteiger partial charge >= 0.3 is 0 Å². The summed E-state index contributed by atoms with van der Waals surface area (Å²) in [4.78, 5) is 0. The molecule has 1 aromatic carbocycles. The fraction of sp³-hybridized carbons (Fsp3) is 0.588. The van der Waals surface area contributed by atoms with Crippen LogP contribution >= 0.6 is 0 Å². The highest BCUT2D eigenvalue weighted by atomic mass is 32.2. The molecule has 0 heterocycles. The lowest BCUT2D eigenvalue weighted by molar-refractivity contribution is 0.288. The monoisotopic (exact) mass is 341 g/mol. The minimum Gasteiger partial charge on any atom is -0.490 e. The van der Waals surface area contributed by atoms with Gasteiger partial charge in [-0.05, 0) is 58.2 Å². The Hall–Kier alpha value is -1.43. The number of hydrogen-bond acceptors (Lipinski definition) is 3. The molecule has 4 nitrogen and oxygen atoms in total. The third-order valence-electron chi connectivity index (χ3n) is 3.86. The summed E-state index contributed by atoms with van der Waals surface area (Å²) in [5.41, 5.74) is 0.868. The van der Waals surface area contributed by atoms with E-state index in [0.29, 0.717) is 23.8 Å². The lowest BCUT2D eigenvalue weighted by atomic mass is 10.1. The fourth-order valence-electron chi connectivity index (χ4n) is 1.95. The highest BCUT2D eigenvalue weighted by Crippen LogP contribution is 2.32. The summed E-state index contributed by atoms with van der Waals surface area (Å²) in [5, 5.41) is 0. The van der Waals surface area contributed by atoms with E-state index in [-0.39, 0.29) is 5.75 Å². The molecule has 0 atom stereocenters. The maximum absolute atomic E-state index is 13.8. The van der Waals surface area contributed by atoms with Crippen LogP contribution in [-0.4, -0.2) is 25.5 Å². The van der Waals surface area contributed by atoms with Crippen LogP contribution in [0, 0.1) is 11.7 Å². The van der Waals surface area contributed by atoms with Crippen LogP contribution in [0.4, 0.5) is 4.39 Å². The molecule has 6 heteroatoms. The standard InChI is InChI=1S/C17H24FNO3S/c1-12(19-23(20,21)17(2,3)4)14-7-8-15(18)16(11-14)22-10-9-13-5-6-13/h7-8,11,13H,5-6,9-10H2,1-4H3/b19-12+. The van der Waals surface area contributed by atoms with Gasteiger partial charge in [-0.1, -0.05) is 12.8 Å². The summed E-state index contributed by atoms with van der Waals surface area (Å²) in [6, 6.07) is 4.31. The Morgan fingerprint density at radius 3 is 2.57 bits per heavy atom. The Bertz CT molecular complexity index is 701. The van der Waals surface area contributed by atoms with Crippen molar-refractivity contribution in [2.45, 2.75) is 51.7 Å². The van der Waals surface area contributed by atoms with Crippen molar-refractivity contribution in [3.8, 4) is 5.75 Å². The zero-order valence-electron chi connectivity index (χ0n) is 14.1. The molecule has 0 unspecified atom stereocenters. The number of sulfonamides is 1.